The SMILES string of the molecule is COc1ccc(C2C(=C(O)c3ccncc3)C(=O)C(=O)N2c2nnc(SCc3ccc(Cl)cc3Cl)s2)cc1OC. The molecule has 1 saturated heterocycles. The summed E-state index contributed by atoms with van der Waals surface area (Å²) in [5, 5.41) is 20.9. The predicted octanol–water partition coefficient (Wildman–Crippen LogP) is 6.18. The van der Waals surface area contributed by atoms with Crippen molar-refractivity contribution in [1.29, 1.82) is 0 Å². The van der Waals surface area contributed by atoms with Crippen molar-refractivity contribution in [2.45, 2.75) is 16.1 Å². The number of amides is 1. The van der Waals surface area contributed by atoms with E-state index in [4.69, 9.17) is 32.7 Å². The van der Waals surface area contributed by atoms with Gasteiger partial charge in [-0.2, -0.15) is 0 Å². The highest BCUT2D eigenvalue weighted by Crippen LogP contribution is 2.45. The van der Waals surface area contributed by atoms with Gasteiger partial charge in [0.05, 0.1) is 25.8 Å². The Morgan fingerprint density at radius 1 is 1.02 bits per heavy atom. The lowest BCUT2D eigenvalue weighted by Gasteiger charge is -2.23. The van der Waals surface area contributed by atoms with Gasteiger partial charge in [-0.05, 0) is 47.5 Å². The molecule has 1 aliphatic heterocycles. The number of hydrogen-bond acceptors (Lipinski definition) is 10. The second kappa shape index (κ2) is 11.8. The monoisotopic (exact) mass is 614 g/mol. The molecule has 1 N–H and O–H groups in total. The standard InChI is InChI=1S/C27H20Cl2N4O5S2/c1-37-19-6-4-15(11-20(19)38-2)22-21(23(34)14-7-9-30-10-8-14)24(35)25(36)33(22)26-31-32-27(40-26)39-13-16-3-5-17(28)12-18(16)29/h3-12,22,34H,13H2,1-2H3. The fraction of sp³-hybridized carbons (Fsp3) is 0.148. The summed E-state index contributed by atoms with van der Waals surface area (Å²) in [6.07, 6.45) is 2.97. The van der Waals surface area contributed by atoms with Gasteiger partial charge in [0.2, 0.25) is 5.13 Å². The van der Waals surface area contributed by atoms with Gasteiger partial charge in [-0.15, -0.1) is 10.2 Å². The third-order valence-corrected chi connectivity index (χ3v) is 8.78. The number of aromatic nitrogens is 3. The molecule has 1 atom stereocenters. The first-order valence-corrected chi connectivity index (χ1v) is 14.2. The van der Waals surface area contributed by atoms with E-state index in [0.29, 0.717) is 42.8 Å². The second-order valence-electron chi connectivity index (χ2n) is 8.39. The molecular weight excluding hydrogens is 595 g/mol. The number of pyridine rings is 1. The van der Waals surface area contributed by atoms with Gasteiger partial charge in [-0.1, -0.05) is 58.4 Å². The number of nitrogens with zero attached hydrogens (tertiary/aromatic N) is 4. The van der Waals surface area contributed by atoms with Gasteiger partial charge in [0.15, 0.2) is 15.8 Å². The molecular formula is C27H20Cl2N4O5S2. The van der Waals surface area contributed by atoms with E-state index in [1.807, 2.05) is 6.07 Å². The largest absolute Gasteiger partial charge is 0.507 e. The number of benzene rings is 2. The lowest BCUT2D eigenvalue weighted by Crippen LogP contribution is -2.29. The summed E-state index contributed by atoms with van der Waals surface area (Å²) in [6.45, 7) is 0. The van der Waals surface area contributed by atoms with Crippen molar-refractivity contribution in [3.05, 3.63) is 93.2 Å². The minimum absolute atomic E-state index is 0.0965. The molecule has 0 spiro atoms. The molecule has 0 saturated carbocycles. The number of rotatable bonds is 8. The van der Waals surface area contributed by atoms with Crippen LogP contribution in [-0.2, 0) is 15.3 Å². The normalized spacial score (nSPS) is 16.4. The second-order valence-corrected chi connectivity index (χ2v) is 11.4. The number of aliphatic hydroxyl groups excluding tert-OH is 1. The van der Waals surface area contributed by atoms with Crippen molar-refractivity contribution < 1.29 is 24.2 Å². The molecule has 0 radical (unpaired) electrons. The molecule has 1 unspecified atom stereocenters. The Bertz CT molecular complexity index is 1630. The lowest BCUT2D eigenvalue weighted by atomic mass is 9.95. The molecule has 1 fully saturated rings. The maximum atomic E-state index is 13.4. The van der Waals surface area contributed by atoms with Crippen LogP contribution in [0.5, 0.6) is 11.5 Å². The number of carbonyl (C=O) groups excluding carboxylic acids is 2. The smallest absolute Gasteiger partial charge is 0.301 e. The van der Waals surface area contributed by atoms with Gasteiger partial charge >= 0.3 is 5.91 Å². The summed E-state index contributed by atoms with van der Waals surface area (Å²) in [5.74, 6) is -0.685. The molecule has 2 aromatic carbocycles. The van der Waals surface area contributed by atoms with Gasteiger partial charge in [0.25, 0.3) is 5.78 Å². The van der Waals surface area contributed by atoms with Gasteiger partial charge in [0, 0.05) is 33.8 Å². The molecule has 2 aromatic heterocycles. The highest BCUT2D eigenvalue weighted by Gasteiger charge is 2.48. The van der Waals surface area contributed by atoms with Crippen LogP contribution in [0.1, 0.15) is 22.7 Å². The molecule has 4 aromatic rings. The van der Waals surface area contributed by atoms with Crippen LogP contribution in [0.4, 0.5) is 5.13 Å². The Balaban J connectivity index is 1.56. The van der Waals surface area contributed by atoms with Crippen LogP contribution in [-0.4, -0.2) is 46.2 Å². The van der Waals surface area contributed by atoms with Crippen molar-refractivity contribution in [2.75, 3.05) is 19.1 Å². The van der Waals surface area contributed by atoms with Gasteiger partial charge in [-0.3, -0.25) is 19.5 Å². The average molecular weight is 616 g/mol. The van der Waals surface area contributed by atoms with Crippen molar-refractivity contribution in [1.82, 2.24) is 15.2 Å². The Labute approximate surface area is 247 Å². The molecule has 9 nitrogen and oxygen atoms in total. The number of Topliss-reactive ketones (excluding diaryl/α,β-unsaturated/α-hetero) is 1. The van der Waals surface area contributed by atoms with E-state index in [1.165, 1.54) is 43.3 Å². The first-order valence-electron chi connectivity index (χ1n) is 11.7. The highest BCUT2D eigenvalue weighted by molar-refractivity contribution is 8.00. The van der Waals surface area contributed by atoms with Crippen LogP contribution in [0, 0.1) is 0 Å². The van der Waals surface area contributed by atoms with Crippen LogP contribution in [0.15, 0.2) is 70.8 Å². The fourth-order valence-corrected chi connectivity index (χ4v) is 6.60. The third-order valence-electron chi connectivity index (χ3n) is 6.09. The molecule has 204 valence electrons. The maximum absolute atomic E-state index is 13.4. The van der Waals surface area contributed by atoms with E-state index < -0.39 is 17.7 Å². The number of ketones is 1. The molecule has 0 bridgehead atoms. The zero-order valence-electron chi connectivity index (χ0n) is 21.0. The third kappa shape index (κ3) is 5.37. The highest BCUT2D eigenvalue weighted by atomic mass is 35.5. The molecule has 5 rings (SSSR count). The number of aliphatic hydroxyl groups is 1. The quantitative estimate of drug-likeness (QED) is 0.0817. The Kier molecular flexibility index (Phi) is 8.27. The average Bonchev–Trinajstić information content (AvgIpc) is 3.54. The van der Waals surface area contributed by atoms with E-state index in [2.05, 4.69) is 15.2 Å². The number of halogens is 2. The van der Waals surface area contributed by atoms with Crippen molar-refractivity contribution in [2.24, 2.45) is 0 Å². The number of anilines is 1. The van der Waals surface area contributed by atoms with E-state index >= 15 is 0 Å². The van der Waals surface area contributed by atoms with E-state index in [9.17, 15) is 14.7 Å². The minimum atomic E-state index is -1.01. The predicted molar refractivity (Wildman–Crippen MR) is 154 cm³/mol. The first-order chi connectivity index (χ1) is 19.3. The van der Waals surface area contributed by atoms with Gasteiger partial charge in [-0.25, -0.2) is 0 Å². The minimum Gasteiger partial charge on any atom is -0.507 e. The molecule has 1 amide bonds. The van der Waals surface area contributed by atoms with Gasteiger partial charge in [0.1, 0.15) is 5.76 Å². The Morgan fingerprint density at radius 2 is 1.77 bits per heavy atom. The molecule has 0 aliphatic carbocycles. The van der Waals surface area contributed by atoms with Crippen LogP contribution in [0.3, 0.4) is 0 Å². The van der Waals surface area contributed by atoms with Crippen molar-refractivity contribution in [3.8, 4) is 11.5 Å². The summed E-state index contributed by atoms with van der Waals surface area (Å²) in [6, 6.07) is 12.4. The van der Waals surface area contributed by atoms with Crippen molar-refractivity contribution in [3.63, 3.8) is 0 Å². The van der Waals surface area contributed by atoms with Crippen LogP contribution >= 0.6 is 46.3 Å². The summed E-state index contributed by atoms with van der Waals surface area (Å²) in [5.41, 5.74) is 1.60. The maximum Gasteiger partial charge on any atom is 0.301 e. The van der Waals surface area contributed by atoms with Crippen molar-refractivity contribution >= 4 is 68.9 Å². The zero-order valence-corrected chi connectivity index (χ0v) is 24.1. The van der Waals surface area contributed by atoms with E-state index in [0.717, 1.165) is 16.9 Å². The number of ether oxygens (including phenoxy) is 2. The summed E-state index contributed by atoms with van der Waals surface area (Å²) >= 11 is 14.8. The van der Waals surface area contributed by atoms with E-state index in [-0.39, 0.29) is 16.5 Å². The first kappa shape index (κ1) is 27.9. The number of thioether (sulfide) groups is 1. The summed E-state index contributed by atoms with van der Waals surface area (Å²) in [7, 11) is 2.99. The Hall–Kier alpha value is -3.64. The lowest BCUT2D eigenvalue weighted by molar-refractivity contribution is -0.132. The molecule has 1 aliphatic rings. The number of carbonyl (C=O) groups is 2. The van der Waals surface area contributed by atoms with Crippen LogP contribution < -0.4 is 14.4 Å². The van der Waals surface area contributed by atoms with E-state index in [1.54, 1.807) is 42.5 Å². The molecule has 3 heterocycles. The summed E-state index contributed by atoms with van der Waals surface area (Å²) < 4.78 is 11.4. The molecule has 40 heavy (non-hydrogen) atoms. The van der Waals surface area contributed by atoms with Gasteiger partial charge < -0.3 is 14.6 Å². The number of hydrogen-bond donors (Lipinski definition) is 1. The fourth-order valence-electron chi connectivity index (χ4n) is 4.17. The number of methoxy groups -OCH3 is 2. The van der Waals surface area contributed by atoms with Crippen LogP contribution in [0.2, 0.25) is 10.0 Å². The summed E-state index contributed by atoms with van der Waals surface area (Å²) in [4.78, 5) is 32.0. The molecule has 13 heteroatoms. The zero-order chi connectivity index (χ0) is 28.4. The topological polar surface area (TPSA) is 115 Å². The van der Waals surface area contributed by atoms with Crippen LogP contribution in [0.25, 0.3) is 5.76 Å². The Morgan fingerprint density at radius 3 is 2.48 bits per heavy atom.